The molecule has 1 aromatic rings. The predicted molar refractivity (Wildman–Crippen MR) is 66.9 cm³/mol. The molecule has 0 unspecified atom stereocenters. The first-order valence-corrected chi connectivity index (χ1v) is 5.49. The second-order valence-electron chi connectivity index (χ2n) is 4.02. The van der Waals surface area contributed by atoms with Gasteiger partial charge in [0.05, 0.1) is 0 Å². The molecule has 0 fully saturated rings. The Labute approximate surface area is 97.2 Å². The standard InChI is InChI=1S/C13H19N2O/c1-4-15(13(16)10(2)3)12-7-5-11(9-14)6-8-12/h5-8,10H,1,4,9,14H2,2-3H3. The van der Waals surface area contributed by atoms with Crippen LogP contribution in [0.1, 0.15) is 19.4 Å². The fraction of sp³-hybridized carbons (Fsp3) is 0.385. The summed E-state index contributed by atoms with van der Waals surface area (Å²) < 4.78 is 0. The van der Waals surface area contributed by atoms with Crippen molar-refractivity contribution in [3.63, 3.8) is 0 Å². The van der Waals surface area contributed by atoms with E-state index in [0.717, 1.165) is 11.3 Å². The van der Waals surface area contributed by atoms with E-state index in [0.29, 0.717) is 13.1 Å². The Balaban J connectivity index is 2.91. The molecule has 2 N–H and O–H groups in total. The normalized spacial score (nSPS) is 10.6. The van der Waals surface area contributed by atoms with Crippen molar-refractivity contribution < 1.29 is 4.79 Å². The fourth-order valence-electron chi connectivity index (χ4n) is 1.49. The molecule has 0 saturated carbocycles. The summed E-state index contributed by atoms with van der Waals surface area (Å²) in [6, 6.07) is 7.69. The quantitative estimate of drug-likeness (QED) is 0.841. The van der Waals surface area contributed by atoms with E-state index in [1.807, 2.05) is 38.1 Å². The van der Waals surface area contributed by atoms with Gasteiger partial charge in [0.1, 0.15) is 0 Å². The number of nitrogens with zero attached hydrogens (tertiary/aromatic N) is 1. The Morgan fingerprint density at radius 1 is 1.38 bits per heavy atom. The monoisotopic (exact) mass is 219 g/mol. The van der Waals surface area contributed by atoms with Crippen molar-refractivity contribution in [2.75, 3.05) is 11.4 Å². The van der Waals surface area contributed by atoms with Gasteiger partial charge in [0.2, 0.25) is 5.91 Å². The van der Waals surface area contributed by atoms with Crippen LogP contribution >= 0.6 is 0 Å². The molecule has 0 aliphatic carbocycles. The fourth-order valence-corrected chi connectivity index (χ4v) is 1.49. The summed E-state index contributed by atoms with van der Waals surface area (Å²) in [5, 5.41) is 0. The van der Waals surface area contributed by atoms with E-state index < -0.39 is 0 Å². The van der Waals surface area contributed by atoms with Crippen LogP contribution in [-0.2, 0) is 11.3 Å². The maximum absolute atomic E-state index is 11.9. The van der Waals surface area contributed by atoms with Crippen LogP contribution in [0.2, 0.25) is 0 Å². The first-order valence-electron chi connectivity index (χ1n) is 5.49. The van der Waals surface area contributed by atoms with Crippen LogP contribution in [0.25, 0.3) is 0 Å². The summed E-state index contributed by atoms with van der Waals surface area (Å²) in [6.07, 6.45) is 0. The van der Waals surface area contributed by atoms with Crippen molar-refractivity contribution in [3.05, 3.63) is 36.8 Å². The van der Waals surface area contributed by atoms with Crippen LogP contribution in [0, 0.1) is 12.8 Å². The first kappa shape index (κ1) is 12.7. The molecule has 1 amide bonds. The van der Waals surface area contributed by atoms with Crippen LogP contribution in [0.5, 0.6) is 0 Å². The zero-order valence-electron chi connectivity index (χ0n) is 9.94. The average molecular weight is 219 g/mol. The van der Waals surface area contributed by atoms with Gasteiger partial charge >= 0.3 is 0 Å². The number of amides is 1. The minimum absolute atomic E-state index is 0.0177. The lowest BCUT2D eigenvalue weighted by Gasteiger charge is -2.23. The third kappa shape index (κ3) is 2.83. The number of anilines is 1. The van der Waals surface area contributed by atoms with Gasteiger partial charge in [-0.25, -0.2) is 0 Å². The molecule has 0 aromatic heterocycles. The van der Waals surface area contributed by atoms with Gasteiger partial charge in [-0.2, -0.15) is 0 Å². The van der Waals surface area contributed by atoms with Crippen LogP contribution in [0.15, 0.2) is 24.3 Å². The van der Waals surface area contributed by atoms with E-state index in [1.165, 1.54) is 0 Å². The van der Waals surface area contributed by atoms with Gasteiger partial charge in [-0.05, 0) is 24.6 Å². The topological polar surface area (TPSA) is 46.3 Å². The highest BCUT2D eigenvalue weighted by molar-refractivity contribution is 5.94. The minimum Gasteiger partial charge on any atom is -0.326 e. The number of hydrogen-bond donors (Lipinski definition) is 1. The molecule has 0 saturated heterocycles. The smallest absolute Gasteiger partial charge is 0.229 e. The summed E-state index contributed by atoms with van der Waals surface area (Å²) in [6.45, 7) is 8.53. The van der Waals surface area contributed by atoms with Crippen LogP contribution in [0.4, 0.5) is 5.69 Å². The molecular weight excluding hydrogens is 200 g/mol. The highest BCUT2D eigenvalue weighted by atomic mass is 16.2. The van der Waals surface area contributed by atoms with Gasteiger partial charge in [0, 0.05) is 24.7 Å². The molecule has 0 spiro atoms. The molecule has 0 atom stereocenters. The molecule has 0 heterocycles. The molecular formula is C13H19N2O. The molecule has 1 radical (unpaired) electrons. The summed E-state index contributed by atoms with van der Waals surface area (Å²) in [5.41, 5.74) is 7.46. The molecule has 0 bridgehead atoms. The van der Waals surface area contributed by atoms with Gasteiger partial charge in [-0.15, -0.1) is 0 Å². The van der Waals surface area contributed by atoms with Crippen molar-refractivity contribution in [1.82, 2.24) is 0 Å². The molecule has 3 nitrogen and oxygen atoms in total. The number of carbonyl (C=O) groups is 1. The second kappa shape index (κ2) is 5.66. The molecule has 87 valence electrons. The molecule has 3 heteroatoms. The first-order chi connectivity index (χ1) is 7.60. The number of rotatable bonds is 4. The van der Waals surface area contributed by atoms with Crippen molar-refractivity contribution in [3.8, 4) is 0 Å². The highest BCUT2D eigenvalue weighted by Crippen LogP contribution is 2.17. The number of nitrogens with two attached hydrogens (primary N) is 1. The van der Waals surface area contributed by atoms with Crippen LogP contribution in [0.3, 0.4) is 0 Å². The van der Waals surface area contributed by atoms with Crippen molar-refractivity contribution >= 4 is 11.6 Å². The van der Waals surface area contributed by atoms with Crippen molar-refractivity contribution in [1.29, 1.82) is 0 Å². The van der Waals surface area contributed by atoms with E-state index in [4.69, 9.17) is 5.73 Å². The van der Waals surface area contributed by atoms with Crippen LogP contribution in [-0.4, -0.2) is 12.5 Å². The molecule has 16 heavy (non-hydrogen) atoms. The molecule has 0 aliphatic rings. The number of benzene rings is 1. The van der Waals surface area contributed by atoms with Gasteiger partial charge in [-0.1, -0.05) is 26.0 Å². The van der Waals surface area contributed by atoms with Gasteiger partial charge in [-0.3, -0.25) is 4.79 Å². The summed E-state index contributed by atoms with van der Waals surface area (Å²) in [5.74, 6) is 0.0754. The lowest BCUT2D eigenvalue weighted by atomic mass is 10.1. The van der Waals surface area contributed by atoms with Gasteiger partial charge in [0.25, 0.3) is 0 Å². The largest absolute Gasteiger partial charge is 0.326 e. The van der Waals surface area contributed by atoms with Gasteiger partial charge in [0.15, 0.2) is 0 Å². The second-order valence-corrected chi connectivity index (χ2v) is 4.02. The summed E-state index contributed by atoms with van der Waals surface area (Å²) in [7, 11) is 0. The highest BCUT2D eigenvalue weighted by Gasteiger charge is 2.16. The van der Waals surface area contributed by atoms with E-state index in [-0.39, 0.29) is 11.8 Å². The maximum atomic E-state index is 11.9. The lowest BCUT2D eigenvalue weighted by molar-refractivity contribution is -0.121. The van der Waals surface area contributed by atoms with E-state index in [1.54, 1.807) is 4.90 Å². The van der Waals surface area contributed by atoms with E-state index in [9.17, 15) is 4.79 Å². The molecule has 1 aromatic carbocycles. The minimum atomic E-state index is -0.0177. The molecule has 0 aliphatic heterocycles. The van der Waals surface area contributed by atoms with Crippen LogP contribution < -0.4 is 10.6 Å². The van der Waals surface area contributed by atoms with Crippen molar-refractivity contribution in [2.45, 2.75) is 20.4 Å². The SMILES string of the molecule is [CH2]CN(C(=O)C(C)C)c1ccc(CN)cc1. The zero-order chi connectivity index (χ0) is 12.1. The van der Waals surface area contributed by atoms with Gasteiger partial charge < -0.3 is 10.6 Å². The average Bonchev–Trinajstić information content (AvgIpc) is 2.30. The Morgan fingerprint density at radius 2 is 1.94 bits per heavy atom. The Hall–Kier alpha value is -1.35. The van der Waals surface area contributed by atoms with E-state index >= 15 is 0 Å². The third-order valence-electron chi connectivity index (χ3n) is 2.47. The lowest BCUT2D eigenvalue weighted by Crippen LogP contribution is -2.34. The summed E-state index contributed by atoms with van der Waals surface area (Å²) in [4.78, 5) is 13.6. The third-order valence-corrected chi connectivity index (χ3v) is 2.47. The Kier molecular flexibility index (Phi) is 4.50. The maximum Gasteiger partial charge on any atom is 0.229 e. The Bertz CT molecular complexity index is 343. The number of hydrogen-bond acceptors (Lipinski definition) is 2. The zero-order valence-corrected chi connectivity index (χ0v) is 9.94. The Morgan fingerprint density at radius 3 is 2.31 bits per heavy atom. The predicted octanol–water partition coefficient (Wildman–Crippen LogP) is 1.97. The van der Waals surface area contributed by atoms with Crippen molar-refractivity contribution in [2.24, 2.45) is 11.7 Å². The molecule has 1 rings (SSSR count). The van der Waals surface area contributed by atoms with E-state index in [2.05, 4.69) is 6.92 Å². The summed E-state index contributed by atoms with van der Waals surface area (Å²) >= 11 is 0. The number of carbonyl (C=O) groups excluding carboxylic acids is 1.